The summed E-state index contributed by atoms with van der Waals surface area (Å²) in [5.41, 5.74) is 4.70. The Morgan fingerprint density at radius 2 is 1.39 bits per heavy atom. The number of esters is 2. The average molecular weight is 400 g/mol. The Labute approximate surface area is 168 Å². The normalized spacial score (nSPS) is 13.0. The molecular formula is C21H37NO6. The highest BCUT2D eigenvalue weighted by Crippen LogP contribution is 2.18. The van der Waals surface area contributed by atoms with Gasteiger partial charge in [-0.3, -0.25) is 19.2 Å². The highest BCUT2D eigenvalue weighted by molar-refractivity contribution is 5.88. The summed E-state index contributed by atoms with van der Waals surface area (Å²) in [5.74, 6) is -0.887. The summed E-state index contributed by atoms with van der Waals surface area (Å²) < 4.78 is 9.71. The van der Waals surface area contributed by atoms with E-state index in [4.69, 9.17) is 15.2 Å². The van der Waals surface area contributed by atoms with Gasteiger partial charge in [-0.2, -0.15) is 0 Å². The summed E-state index contributed by atoms with van der Waals surface area (Å²) >= 11 is 0. The van der Waals surface area contributed by atoms with E-state index in [0.717, 1.165) is 6.42 Å². The van der Waals surface area contributed by atoms with E-state index in [1.165, 1.54) is 0 Å². The molecule has 0 radical (unpaired) electrons. The SMILES string of the molecule is CC(C)(C)C(=O)CCC(=O)CCCCC[C@H](N)C(=O)OCOC(=O)C(C)(C)C. The zero-order valence-electron chi connectivity index (χ0n) is 18.3. The molecule has 7 heteroatoms. The number of carbonyl (C=O) groups is 4. The van der Waals surface area contributed by atoms with Crippen LogP contribution in [0.3, 0.4) is 0 Å². The number of ketones is 2. The molecule has 0 heterocycles. The van der Waals surface area contributed by atoms with Crippen LogP contribution in [0.1, 0.15) is 86.5 Å². The molecule has 0 fully saturated rings. The van der Waals surface area contributed by atoms with Crippen LogP contribution in [-0.4, -0.2) is 36.3 Å². The third-order valence-electron chi connectivity index (χ3n) is 4.24. The third-order valence-corrected chi connectivity index (χ3v) is 4.24. The fourth-order valence-corrected chi connectivity index (χ4v) is 2.20. The van der Waals surface area contributed by atoms with Gasteiger partial charge >= 0.3 is 11.9 Å². The number of ether oxygens (including phenoxy) is 2. The average Bonchev–Trinajstić information content (AvgIpc) is 2.57. The Bertz CT molecular complexity index is 542. The first-order valence-corrected chi connectivity index (χ1v) is 9.89. The third kappa shape index (κ3) is 11.8. The van der Waals surface area contributed by atoms with Crippen LogP contribution < -0.4 is 5.73 Å². The first-order chi connectivity index (χ1) is 12.7. The maximum atomic E-state index is 11.8. The summed E-state index contributed by atoms with van der Waals surface area (Å²) in [6.07, 6.45) is 3.59. The number of hydrogen-bond donors (Lipinski definition) is 1. The highest BCUT2D eigenvalue weighted by Gasteiger charge is 2.24. The van der Waals surface area contributed by atoms with Gasteiger partial charge in [0.2, 0.25) is 6.79 Å². The largest absolute Gasteiger partial charge is 0.427 e. The molecule has 162 valence electrons. The number of hydrogen-bond acceptors (Lipinski definition) is 7. The molecular weight excluding hydrogens is 362 g/mol. The molecule has 0 saturated carbocycles. The molecule has 7 nitrogen and oxygen atoms in total. The second kappa shape index (κ2) is 11.9. The minimum atomic E-state index is -0.784. The Kier molecular flexibility index (Phi) is 11.2. The van der Waals surface area contributed by atoms with Crippen molar-refractivity contribution in [1.29, 1.82) is 0 Å². The molecule has 0 aliphatic heterocycles. The molecule has 0 aromatic carbocycles. The van der Waals surface area contributed by atoms with Gasteiger partial charge in [0, 0.05) is 24.7 Å². The standard InChI is InChI=1S/C21H37NO6/c1-20(2,3)17(24)13-12-15(23)10-8-7-9-11-16(22)18(25)27-14-28-19(26)21(4,5)6/h16H,7-14,22H2,1-6H3/t16-/m0/s1. The highest BCUT2D eigenvalue weighted by atomic mass is 16.7. The summed E-state index contributed by atoms with van der Waals surface area (Å²) in [4.78, 5) is 46.9. The Balaban J connectivity index is 3.84. The van der Waals surface area contributed by atoms with Gasteiger partial charge < -0.3 is 15.2 Å². The molecule has 0 aliphatic carbocycles. The number of nitrogens with two attached hydrogens (primary N) is 1. The van der Waals surface area contributed by atoms with E-state index < -0.39 is 35.6 Å². The van der Waals surface area contributed by atoms with Crippen molar-refractivity contribution in [2.45, 2.75) is 92.5 Å². The topological polar surface area (TPSA) is 113 Å². The Hall–Kier alpha value is -1.76. The zero-order chi connectivity index (χ0) is 22.0. The van der Waals surface area contributed by atoms with Crippen LogP contribution in [0.4, 0.5) is 0 Å². The van der Waals surface area contributed by atoms with Crippen molar-refractivity contribution in [3.05, 3.63) is 0 Å². The van der Waals surface area contributed by atoms with E-state index in [2.05, 4.69) is 0 Å². The second-order valence-corrected chi connectivity index (χ2v) is 9.18. The molecule has 0 spiro atoms. The van der Waals surface area contributed by atoms with E-state index in [1.807, 2.05) is 20.8 Å². The lowest BCUT2D eigenvalue weighted by Crippen LogP contribution is -2.33. The number of Topliss-reactive ketones (excluding diaryl/α,β-unsaturated/α-hetero) is 2. The minimum Gasteiger partial charge on any atom is -0.427 e. The lowest BCUT2D eigenvalue weighted by Gasteiger charge is -2.17. The zero-order valence-corrected chi connectivity index (χ0v) is 18.3. The van der Waals surface area contributed by atoms with Crippen LogP contribution in [0.5, 0.6) is 0 Å². The van der Waals surface area contributed by atoms with E-state index in [9.17, 15) is 19.2 Å². The van der Waals surface area contributed by atoms with Gasteiger partial charge in [-0.05, 0) is 33.6 Å². The van der Waals surface area contributed by atoms with Crippen molar-refractivity contribution in [3.63, 3.8) is 0 Å². The quantitative estimate of drug-likeness (QED) is 0.304. The fourth-order valence-electron chi connectivity index (χ4n) is 2.20. The fraction of sp³-hybridized carbons (Fsp3) is 0.810. The molecule has 0 saturated heterocycles. The van der Waals surface area contributed by atoms with Crippen molar-refractivity contribution in [2.24, 2.45) is 16.6 Å². The van der Waals surface area contributed by atoms with Crippen molar-refractivity contribution in [2.75, 3.05) is 6.79 Å². The minimum absolute atomic E-state index is 0.0852. The molecule has 0 amide bonds. The van der Waals surface area contributed by atoms with Crippen molar-refractivity contribution in [1.82, 2.24) is 0 Å². The molecule has 0 bridgehead atoms. The predicted molar refractivity (Wildman–Crippen MR) is 106 cm³/mol. The molecule has 0 rings (SSSR count). The molecule has 0 aromatic rings. The van der Waals surface area contributed by atoms with Crippen LogP contribution in [0.25, 0.3) is 0 Å². The summed E-state index contributed by atoms with van der Waals surface area (Å²) in [5, 5.41) is 0. The maximum absolute atomic E-state index is 11.8. The van der Waals surface area contributed by atoms with Crippen LogP contribution in [0.15, 0.2) is 0 Å². The number of unbranched alkanes of at least 4 members (excludes halogenated alkanes) is 2. The van der Waals surface area contributed by atoms with E-state index in [-0.39, 0.29) is 18.0 Å². The molecule has 0 aliphatic rings. The molecule has 0 aromatic heterocycles. The van der Waals surface area contributed by atoms with Gasteiger partial charge in [0.1, 0.15) is 17.6 Å². The van der Waals surface area contributed by atoms with Crippen molar-refractivity contribution < 1.29 is 28.7 Å². The van der Waals surface area contributed by atoms with Gasteiger partial charge in [-0.1, -0.05) is 33.6 Å². The summed E-state index contributed by atoms with van der Waals surface area (Å²) in [6.45, 7) is 10.2. The second-order valence-electron chi connectivity index (χ2n) is 9.18. The predicted octanol–water partition coefficient (Wildman–Crippen LogP) is 3.32. The summed E-state index contributed by atoms with van der Waals surface area (Å²) in [6, 6.07) is -0.784. The smallest absolute Gasteiger partial charge is 0.325 e. The monoisotopic (exact) mass is 399 g/mol. The van der Waals surface area contributed by atoms with Gasteiger partial charge in [0.15, 0.2) is 0 Å². The van der Waals surface area contributed by atoms with Crippen LogP contribution >= 0.6 is 0 Å². The van der Waals surface area contributed by atoms with Crippen molar-refractivity contribution >= 4 is 23.5 Å². The lowest BCUT2D eigenvalue weighted by molar-refractivity contribution is -0.174. The van der Waals surface area contributed by atoms with E-state index >= 15 is 0 Å². The molecule has 0 unspecified atom stereocenters. The first-order valence-electron chi connectivity index (χ1n) is 9.89. The maximum Gasteiger partial charge on any atom is 0.325 e. The number of carbonyl (C=O) groups excluding carboxylic acids is 4. The van der Waals surface area contributed by atoms with Crippen LogP contribution in [0, 0.1) is 10.8 Å². The van der Waals surface area contributed by atoms with Crippen molar-refractivity contribution in [3.8, 4) is 0 Å². The lowest BCUT2D eigenvalue weighted by atomic mass is 9.87. The molecule has 28 heavy (non-hydrogen) atoms. The molecule has 1 atom stereocenters. The molecule has 2 N–H and O–H groups in total. The van der Waals surface area contributed by atoms with Crippen LogP contribution in [0.2, 0.25) is 0 Å². The van der Waals surface area contributed by atoms with Gasteiger partial charge in [-0.15, -0.1) is 0 Å². The number of rotatable bonds is 12. The van der Waals surface area contributed by atoms with E-state index in [0.29, 0.717) is 32.1 Å². The van der Waals surface area contributed by atoms with Gasteiger partial charge in [-0.25, -0.2) is 0 Å². The van der Waals surface area contributed by atoms with Gasteiger partial charge in [0.25, 0.3) is 0 Å². The van der Waals surface area contributed by atoms with E-state index in [1.54, 1.807) is 20.8 Å². The Morgan fingerprint density at radius 1 is 0.786 bits per heavy atom. The van der Waals surface area contributed by atoms with Crippen LogP contribution in [-0.2, 0) is 28.7 Å². The summed E-state index contributed by atoms with van der Waals surface area (Å²) in [7, 11) is 0. The first kappa shape index (κ1) is 26.2. The van der Waals surface area contributed by atoms with Gasteiger partial charge in [0.05, 0.1) is 5.41 Å². The Morgan fingerprint density at radius 3 is 1.93 bits per heavy atom.